The Labute approximate surface area is 189 Å². The van der Waals surface area contributed by atoms with Crippen molar-refractivity contribution in [1.29, 1.82) is 0 Å². The van der Waals surface area contributed by atoms with Crippen LogP contribution >= 0.6 is 12.4 Å². The van der Waals surface area contributed by atoms with Gasteiger partial charge in [0.15, 0.2) is 12.0 Å². The van der Waals surface area contributed by atoms with Crippen molar-refractivity contribution in [1.82, 2.24) is 10.6 Å². The fourth-order valence-corrected chi connectivity index (χ4v) is 3.57. The second-order valence-corrected chi connectivity index (χ2v) is 7.29. The quantitative estimate of drug-likeness (QED) is 0.389. The van der Waals surface area contributed by atoms with Gasteiger partial charge in [0.05, 0.1) is 31.4 Å². The van der Waals surface area contributed by atoms with Crippen LogP contribution in [-0.2, 0) is 25.6 Å². The van der Waals surface area contributed by atoms with Crippen molar-refractivity contribution in [2.75, 3.05) is 6.61 Å². The highest BCUT2D eigenvalue weighted by atomic mass is 35.5. The molecule has 1 aromatic rings. The number of aldehydes is 1. The summed E-state index contributed by atoms with van der Waals surface area (Å²) in [6.07, 6.45) is 3.95. The summed E-state index contributed by atoms with van der Waals surface area (Å²) in [5, 5.41) is 6.31. The smallest absolute Gasteiger partial charge is 0.333 e. The number of esters is 1. The first-order chi connectivity index (χ1) is 14.4. The van der Waals surface area contributed by atoms with Crippen LogP contribution in [0.2, 0.25) is 0 Å². The predicted molar refractivity (Wildman–Crippen MR) is 118 cm³/mol. The second-order valence-electron chi connectivity index (χ2n) is 7.29. The lowest BCUT2D eigenvalue weighted by atomic mass is 9.87. The molecular weight excluding hydrogens is 424 g/mol. The van der Waals surface area contributed by atoms with Gasteiger partial charge in [0, 0.05) is 18.5 Å². The Hall–Kier alpha value is -2.16. The summed E-state index contributed by atoms with van der Waals surface area (Å²) in [7, 11) is 0. The first-order valence-corrected chi connectivity index (χ1v) is 10.5. The number of hydrogen-bond acceptors (Lipinski definition) is 7. The number of amides is 1. The highest BCUT2D eigenvalue weighted by molar-refractivity contribution is 5.89. The van der Waals surface area contributed by atoms with Crippen LogP contribution in [0.25, 0.3) is 0 Å². The molecule has 1 amide bonds. The predicted octanol–water partition coefficient (Wildman–Crippen LogP) is 2.94. The van der Waals surface area contributed by atoms with Crippen LogP contribution in [0.1, 0.15) is 63.3 Å². The van der Waals surface area contributed by atoms with E-state index < -0.39 is 6.10 Å². The van der Waals surface area contributed by atoms with Crippen molar-refractivity contribution in [2.24, 2.45) is 0 Å². The average Bonchev–Trinajstić information content (AvgIpc) is 3.19. The molecule has 0 aromatic carbocycles. The molecule has 31 heavy (non-hydrogen) atoms. The number of carbonyl (C=O) groups excluding carboxylic acids is 3. The van der Waals surface area contributed by atoms with E-state index in [1.54, 1.807) is 25.1 Å². The van der Waals surface area contributed by atoms with Crippen LogP contribution in [0.5, 0.6) is 0 Å². The normalized spacial score (nSPS) is 20.5. The maximum Gasteiger partial charge on any atom is 0.333 e. The molecule has 3 atom stereocenters. The van der Waals surface area contributed by atoms with Crippen molar-refractivity contribution in [3.05, 3.63) is 35.3 Å². The van der Waals surface area contributed by atoms with Crippen molar-refractivity contribution < 1.29 is 28.3 Å². The van der Waals surface area contributed by atoms with Crippen LogP contribution in [0.15, 0.2) is 28.2 Å². The molecule has 0 aliphatic heterocycles. The van der Waals surface area contributed by atoms with E-state index in [0.29, 0.717) is 30.6 Å². The van der Waals surface area contributed by atoms with Crippen LogP contribution < -0.4 is 10.6 Å². The van der Waals surface area contributed by atoms with Crippen LogP contribution in [0.3, 0.4) is 0 Å². The molecule has 1 aliphatic carbocycles. The van der Waals surface area contributed by atoms with Gasteiger partial charge in [-0.15, -0.1) is 12.4 Å². The Bertz CT molecular complexity index is 759. The van der Waals surface area contributed by atoms with Gasteiger partial charge in [0.2, 0.25) is 5.91 Å². The van der Waals surface area contributed by atoms with E-state index >= 15 is 0 Å². The summed E-state index contributed by atoms with van der Waals surface area (Å²) in [6.45, 7) is 7.91. The van der Waals surface area contributed by atoms with Gasteiger partial charge in [-0.3, -0.25) is 9.59 Å². The van der Waals surface area contributed by atoms with Gasteiger partial charge in [-0.1, -0.05) is 13.8 Å². The van der Waals surface area contributed by atoms with E-state index in [2.05, 4.69) is 10.6 Å². The molecule has 0 unspecified atom stereocenters. The maximum absolute atomic E-state index is 12.4. The number of carbonyl (C=O) groups is 3. The van der Waals surface area contributed by atoms with Gasteiger partial charge < -0.3 is 24.5 Å². The molecule has 2 rings (SSSR count). The number of halogens is 1. The van der Waals surface area contributed by atoms with Crippen LogP contribution in [0.4, 0.5) is 0 Å². The molecule has 0 bridgehead atoms. The molecule has 1 heterocycles. The zero-order valence-corrected chi connectivity index (χ0v) is 19.3. The minimum absolute atomic E-state index is 0. The lowest BCUT2D eigenvalue weighted by Crippen LogP contribution is -2.58. The molecule has 1 aromatic heterocycles. The fourth-order valence-electron chi connectivity index (χ4n) is 3.57. The van der Waals surface area contributed by atoms with E-state index in [9.17, 15) is 14.4 Å². The zero-order chi connectivity index (χ0) is 22.1. The topological polar surface area (TPSA) is 107 Å². The van der Waals surface area contributed by atoms with Gasteiger partial charge in [-0.05, 0) is 44.4 Å². The molecule has 9 heteroatoms. The largest absolute Gasteiger partial charge is 0.463 e. The van der Waals surface area contributed by atoms with E-state index in [1.807, 2.05) is 13.8 Å². The number of furan rings is 1. The SMILES string of the molecule is CCOC(=O)C1=C[C@@H](OC(CC)CC)[C@H](NC(C)=O)[C@@H](NCc2ccc(C=O)o2)C1.Cl. The molecular formula is C22H33ClN2O6. The Balaban J connectivity index is 0.00000480. The Morgan fingerprint density at radius 3 is 2.52 bits per heavy atom. The third kappa shape index (κ3) is 7.79. The number of hydrogen-bond donors (Lipinski definition) is 2. The Morgan fingerprint density at radius 2 is 1.97 bits per heavy atom. The number of nitrogens with one attached hydrogen (secondary N) is 2. The van der Waals surface area contributed by atoms with Crippen molar-refractivity contribution in [3.8, 4) is 0 Å². The minimum Gasteiger partial charge on any atom is -0.463 e. The molecule has 174 valence electrons. The summed E-state index contributed by atoms with van der Waals surface area (Å²) in [5.41, 5.74) is 0.514. The van der Waals surface area contributed by atoms with Gasteiger partial charge in [0.1, 0.15) is 5.76 Å². The summed E-state index contributed by atoms with van der Waals surface area (Å²) in [4.78, 5) is 35.2. The summed E-state index contributed by atoms with van der Waals surface area (Å²) >= 11 is 0. The van der Waals surface area contributed by atoms with Gasteiger partial charge >= 0.3 is 5.97 Å². The molecule has 0 spiro atoms. The fraction of sp³-hybridized carbons (Fsp3) is 0.591. The maximum atomic E-state index is 12.4. The lowest BCUT2D eigenvalue weighted by molar-refractivity contribution is -0.139. The first-order valence-electron chi connectivity index (χ1n) is 10.5. The molecule has 2 N–H and O–H groups in total. The number of ether oxygens (including phenoxy) is 2. The third-order valence-corrected chi connectivity index (χ3v) is 5.10. The molecule has 1 aliphatic rings. The van der Waals surface area contributed by atoms with Gasteiger partial charge in [-0.25, -0.2) is 4.79 Å². The molecule has 8 nitrogen and oxygen atoms in total. The molecule has 0 saturated carbocycles. The Kier molecular flexibility index (Phi) is 11.5. The summed E-state index contributed by atoms with van der Waals surface area (Å²) in [5.74, 6) is 0.267. The van der Waals surface area contributed by atoms with E-state index in [-0.39, 0.29) is 54.8 Å². The minimum atomic E-state index is -0.480. The first kappa shape index (κ1) is 26.9. The summed E-state index contributed by atoms with van der Waals surface area (Å²) < 4.78 is 16.9. The molecule has 0 saturated heterocycles. The monoisotopic (exact) mass is 456 g/mol. The molecule has 0 radical (unpaired) electrons. The third-order valence-electron chi connectivity index (χ3n) is 5.10. The Morgan fingerprint density at radius 1 is 1.26 bits per heavy atom. The van der Waals surface area contributed by atoms with Crippen LogP contribution in [-0.4, -0.2) is 49.1 Å². The average molecular weight is 457 g/mol. The van der Waals surface area contributed by atoms with E-state index in [4.69, 9.17) is 13.9 Å². The van der Waals surface area contributed by atoms with E-state index in [0.717, 1.165) is 12.8 Å². The van der Waals surface area contributed by atoms with Gasteiger partial charge in [0.25, 0.3) is 0 Å². The lowest BCUT2D eigenvalue weighted by Gasteiger charge is -2.38. The van der Waals surface area contributed by atoms with Crippen molar-refractivity contribution in [3.63, 3.8) is 0 Å². The van der Waals surface area contributed by atoms with Crippen molar-refractivity contribution in [2.45, 2.75) is 77.8 Å². The standard InChI is InChI=1S/C22H32N2O6.ClH/c1-5-16(6-2)30-20-11-15(22(27)28-7-3)10-19(21(20)24-14(4)26)23-12-17-8-9-18(13-25)29-17;/h8-9,11,13,16,19-21,23H,5-7,10,12H2,1-4H3,(H,24,26);1H/t19-,20+,21+;/m0./s1. The highest BCUT2D eigenvalue weighted by Crippen LogP contribution is 2.25. The second kappa shape index (κ2) is 13.3. The van der Waals surface area contributed by atoms with E-state index in [1.165, 1.54) is 6.92 Å². The number of rotatable bonds is 11. The zero-order valence-electron chi connectivity index (χ0n) is 18.5. The summed E-state index contributed by atoms with van der Waals surface area (Å²) in [6, 6.07) is 2.65. The van der Waals surface area contributed by atoms with Gasteiger partial charge in [-0.2, -0.15) is 0 Å². The van der Waals surface area contributed by atoms with Crippen molar-refractivity contribution >= 4 is 30.6 Å². The highest BCUT2D eigenvalue weighted by Gasteiger charge is 2.37. The molecule has 0 fully saturated rings. The van der Waals surface area contributed by atoms with Crippen LogP contribution in [0, 0.1) is 0 Å².